The molecular weight excluding hydrogens is 335 g/mol. The summed E-state index contributed by atoms with van der Waals surface area (Å²) in [6, 6.07) is 9.74. The lowest BCUT2D eigenvalue weighted by atomic mass is 10.1. The van der Waals surface area contributed by atoms with Gasteiger partial charge in [0.2, 0.25) is 0 Å². The van der Waals surface area contributed by atoms with Gasteiger partial charge in [-0.15, -0.1) is 0 Å². The van der Waals surface area contributed by atoms with Crippen LogP contribution in [0.1, 0.15) is 21.8 Å². The fourth-order valence-corrected chi connectivity index (χ4v) is 2.55. The van der Waals surface area contributed by atoms with E-state index in [9.17, 15) is 9.18 Å². The van der Waals surface area contributed by atoms with E-state index in [1.807, 2.05) is 18.2 Å². The van der Waals surface area contributed by atoms with E-state index < -0.39 is 11.7 Å². The molecule has 0 atom stereocenters. The summed E-state index contributed by atoms with van der Waals surface area (Å²) in [5.41, 5.74) is 2.04. The van der Waals surface area contributed by atoms with Crippen LogP contribution < -0.4 is 5.32 Å². The molecule has 0 aliphatic carbocycles. The van der Waals surface area contributed by atoms with Crippen LogP contribution in [0.4, 0.5) is 10.1 Å². The highest BCUT2D eigenvalue weighted by atomic mass is 19.1. The number of H-pyrrole nitrogens is 1. The van der Waals surface area contributed by atoms with Crippen molar-refractivity contribution >= 4 is 34.6 Å². The first-order valence-electron chi connectivity index (χ1n) is 7.81. The molecule has 0 spiro atoms. The second kappa shape index (κ2) is 6.64. The van der Waals surface area contributed by atoms with Crippen molar-refractivity contribution in [1.82, 2.24) is 15.2 Å². The number of carbonyl (C=O) groups excluding carboxylic acids is 1. The lowest BCUT2D eigenvalue weighted by Crippen LogP contribution is -2.10. The Balaban J connectivity index is 1.67. The number of anilines is 1. The number of carbonyl (C=O) groups is 1. The van der Waals surface area contributed by atoms with Crippen LogP contribution in [0.3, 0.4) is 0 Å². The molecule has 2 N–H and O–H groups in total. The molecule has 0 aliphatic rings. The molecule has 0 bridgehead atoms. The molecule has 0 unspecified atom stereocenters. The lowest BCUT2D eigenvalue weighted by Gasteiger charge is -2.04. The number of rotatable bonds is 4. The Kier molecular flexibility index (Phi) is 4.03. The number of hydrogen-bond donors (Lipinski definition) is 2. The molecule has 4 rings (SSSR count). The fourth-order valence-electron chi connectivity index (χ4n) is 2.55. The first kappa shape index (κ1) is 15.8. The summed E-state index contributed by atoms with van der Waals surface area (Å²) in [4.78, 5) is 16.1. The Morgan fingerprint density at radius 1 is 1.23 bits per heavy atom. The molecule has 6 nitrogen and oxygen atoms in total. The number of amides is 1. The van der Waals surface area contributed by atoms with Gasteiger partial charge in [-0.1, -0.05) is 12.1 Å². The number of aromatic amines is 1. The molecule has 3 aromatic heterocycles. The van der Waals surface area contributed by atoms with Crippen molar-refractivity contribution in [2.24, 2.45) is 0 Å². The van der Waals surface area contributed by atoms with Crippen LogP contribution in [-0.2, 0) is 0 Å². The average Bonchev–Trinajstić information content (AvgIpc) is 3.31. The van der Waals surface area contributed by atoms with E-state index in [0.29, 0.717) is 16.8 Å². The van der Waals surface area contributed by atoms with E-state index in [2.05, 4.69) is 20.5 Å². The minimum atomic E-state index is -0.533. The molecule has 7 heteroatoms. The number of furan rings is 1. The lowest BCUT2D eigenvalue weighted by molar-refractivity contribution is 0.0996. The van der Waals surface area contributed by atoms with Gasteiger partial charge in [0.15, 0.2) is 11.6 Å². The molecule has 128 valence electrons. The van der Waals surface area contributed by atoms with Crippen molar-refractivity contribution in [3.05, 3.63) is 77.9 Å². The zero-order valence-corrected chi connectivity index (χ0v) is 13.4. The Morgan fingerprint density at radius 2 is 2.15 bits per heavy atom. The number of nitrogens with zero attached hydrogens (tertiary/aromatic N) is 2. The van der Waals surface area contributed by atoms with Crippen LogP contribution in [-0.4, -0.2) is 21.1 Å². The predicted octanol–water partition coefficient (Wildman–Crippen LogP) is 4.11. The zero-order valence-electron chi connectivity index (χ0n) is 13.4. The maximum atomic E-state index is 14.3. The van der Waals surface area contributed by atoms with Crippen molar-refractivity contribution in [3.63, 3.8) is 0 Å². The number of benzene rings is 1. The molecule has 3 heterocycles. The van der Waals surface area contributed by atoms with Crippen molar-refractivity contribution < 1.29 is 13.6 Å². The molecule has 1 aromatic carbocycles. The Labute approximate surface area is 147 Å². The largest absolute Gasteiger partial charge is 0.459 e. The van der Waals surface area contributed by atoms with Gasteiger partial charge in [0.1, 0.15) is 5.52 Å². The number of aromatic nitrogens is 3. The first-order valence-corrected chi connectivity index (χ1v) is 7.81. The summed E-state index contributed by atoms with van der Waals surface area (Å²) < 4.78 is 19.4. The third-order valence-electron chi connectivity index (χ3n) is 3.77. The van der Waals surface area contributed by atoms with Gasteiger partial charge < -0.3 is 9.73 Å². The molecule has 0 saturated carbocycles. The third-order valence-corrected chi connectivity index (χ3v) is 3.77. The van der Waals surface area contributed by atoms with E-state index >= 15 is 0 Å². The SMILES string of the molecule is O=C(Nc1cc(F)c2n[nH]c(C=Cc3cccnc3)c2c1)c1ccco1. The Morgan fingerprint density at radius 3 is 2.92 bits per heavy atom. The maximum Gasteiger partial charge on any atom is 0.291 e. The van der Waals surface area contributed by atoms with E-state index in [1.54, 1.807) is 30.6 Å². The predicted molar refractivity (Wildman–Crippen MR) is 95.9 cm³/mol. The van der Waals surface area contributed by atoms with E-state index in [4.69, 9.17) is 4.42 Å². The van der Waals surface area contributed by atoms with Crippen LogP contribution in [0.5, 0.6) is 0 Å². The van der Waals surface area contributed by atoms with E-state index in [-0.39, 0.29) is 11.3 Å². The second-order valence-electron chi connectivity index (χ2n) is 5.54. The van der Waals surface area contributed by atoms with Gasteiger partial charge in [0, 0.05) is 23.5 Å². The topological polar surface area (TPSA) is 83.8 Å². The van der Waals surface area contributed by atoms with Gasteiger partial charge in [0.25, 0.3) is 5.91 Å². The Bertz CT molecular complexity index is 1090. The van der Waals surface area contributed by atoms with Gasteiger partial charge in [-0.2, -0.15) is 5.10 Å². The standard InChI is InChI=1S/C19H13FN4O2/c20-15-10-13(22-19(25)17-4-2-8-26-17)9-14-16(23-24-18(14)15)6-5-12-3-1-7-21-11-12/h1-11H,(H,22,25)(H,23,24). The number of halogens is 1. The summed E-state index contributed by atoms with van der Waals surface area (Å²) in [7, 11) is 0. The normalized spacial score (nSPS) is 11.3. The average molecular weight is 348 g/mol. The second-order valence-corrected chi connectivity index (χ2v) is 5.54. The van der Waals surface area contributed by atoms with Gasteiger partial charge in [-0.25, -0.2) is 4.39 Å². The van der Waals surface area contributed by atoms with Gasteiger partial charge >= 0.3 is 0 Å². The number of nitrogens with one attached hydrogen (secondary N) is 2. The quantitative estimate of drug-likeness (QED) is 0.581. The first-order chi connectivity index (χ1) is 12.7. The minimum Gasteiger partial charge on any atom is -0.459 e. The zero-order chi connectivity index (χ0) is 17.9. The maximum absolute atomic E-state index is 14.3. The van der Waals surface area contributed by atoms with Crippen LogP contribution in [0, 0.1) is 5.82 Å². The summed E-state index contributed by atoms with van der Waals surface area (Å²) in [5.74, 6) is -0.839. The molecular formula is C19H13FN4O2. The molecule has 4 aromatic rings. The summed E-state index contributed by atoms with van der Waals surface area (Å²) in [5, 5.41) is 9.98. The van der Waals surface area contributed by atoms with Crippen molar-refractivity contribution in [2.75, 3.05) is 5.32 Å². The molecule has 0 aliphatic heterocycles. The third kappa shape index (κ3) is 3.10. The van der Waals surface area contributed by atoms with Crippen LogP contribution in [0.25, 0.3) is 23.1 Å². The molecule has 0 fully saturated rings. The highest BCUT2D eigenvalue weighted by molar-refractivity contribution is 6.03. The summed E-state index contributed by atoms with van der Waals surface area (Å²) in [6.07, 6.45) is 8.42. The number of hydrogen-bond acceptors (Lipinski definition) is 4. The van der Waals surface area contributed by atoms with Gasteiger partial charge in [-0.3, -0.25) is 14.9 Å². The summed E-state index contributed by atoms with van der Waals surface area (Å²) >= 11 is 0. The monoisotopic (exact) mass is 348 g/mol. The van der Waals surface area contributed by atoms with Crippen LogP contribution >= 0.6 is 0 Å². The highest BCUT2D eigenvalue weighted by Crippen LogP contribution is 2.25. The van der Waals surface area contributed by atoms with Crippen molar-refractivity contribution in [2.45, 2.75) is 0 Å². The fraction of sp³-hybridized carbons (Fsp3) is 0. The minimum absolute atomic E-state index is 0.148. The van der Waals surface area contributed by atoms with Crippen molar-refractivity contribution in [1.29, 1.82) is 0 Å². The smallest absolute Gasteiger partial charge is 0.291 e. The van der Waals surface area contributed by atoms with E-state index in [0.717, 1.165) is 5.56 Å². The molecule has 0 saturated heterocycles. The van der Waals surface area contributed by atoms with Gasteiger partial charge in [-0.05, 0) is 42.0 Å². The summed E-state index contributed by atoms with van der Waals surface area (Å²) in [6.45, 7) is 0. The highest BCUT2D eigenvalue weighted by Gasteiger charge is 2.14. The number of pyridine rings is 1. The van der Waals surface area contributed by atoms with Crippen LogP contribution in [0.15, 0.2) is 59.5 Å². The molecule has 0 radical (unpaired) electrons. The van der Waals surface area contributed by atoms with Gasteiger partial charge in [0.05, 0.1) is 12.0 Å². The number of fused-ring (bicyclic) bond motifs is 1. The molecule has 1 amide bonds. The Hall–Kier alpha value is -3.74. The molecule has 26 heavy (non-hydrogen) atoms. The van der Waals surface area contributed by atoms with E-state index in [1.165, 1.54) is 18.4 Å². The van der Waals surface area contributed by atoms with Crippen LogP contribution in [0.2, 0.25) is 0 Å². The van der Waals surface area contributed by atoms with Crippen molar-refractivity contribution in [3.8, 4) is 0 Å².